The van der Waals surface area contributed by atoms with Crippen LogP contribution in [0.3, 0.4) is 0 Å². The van der Waals surface area contributed by atoms with E-state index in [4.69, 9.17) is 4.74 Å². The van der Waals surface area contributed by atoms with Gasteiger partial charge in [0.1, 0.15) is 0 Å². The Labute approximate surface area is 143 Å². The topological polar surface area (TPSA) is 58.6 Å². The average molecular weight is 330 g/mol. The third-order valence-corrected chi connectivity index (χ3v) is 5.06. The molecule has 1 aliphatic carbocycles. The lowest BCUT2D eigenvalue weighted by atomic mass is 9.81. The molecule has 2 amide bonds. The van der Waals surface area contributed by atoms with Crippen molar-refractivity contribution in [3.8, 4) is 0 Å². The summed E-state index contributed by atoms with van der Waals surface area (Å²) in [5.41, 5.74) is 1.99. The van der Waals surface area contributed by atoms with Crippen molar-refractivity contribution in [2.24, 2.45) is 11.8 Å². The van der Waals surface area contributed by atoms with E-state index >= 15 is 0 Å². The second-order valence-corrected chi connectivity index (χ2v) is 6.84. The monoisotopic (exact) mass is 330 g/mol. The Balaban J connectivity index is 1.49. The van der Waals surface area contributed by atoms with Crippen LogP contribution in [0.25, 0.3) is 0 Å². The zero-order chi connectivity index (χ0) is 16.9. The summed E-state index contributed by atoms with van der Waals surface area (Å²) < 4.78 is 5.30. The van der Waals surface area contributed by atoms with E-state index in [0.717, 1.165) is 36.9 Å². The van der Waals surface area contributed by atoms with Gasteiger partial charge >= 0.3 is 0 Å². The molecule has 1 heterocycles. The number of nitrogens with zero attached hydrogens (tertiary/aromatic N) is 1. The molecule has 24 heavy (non-hydrogen) atoms. The largest absolute Gasteiger partial charge is 0.378 e. The Morgan fingerprint density at radius 3 is 2.42 bits per heavy atom. The molecule has 0 unspecified atom stereocenters. The number of aryl methyl sites for hydroxylation is 1. The summed E-state index contributed by atoms with van der Waals surface area (Å²) >= 11 is 0. The predicted octanol–water partition coefficient (Wildman–Crippen LogP) is 2.60. The van der Waals surface area contributed by atoms with Crippen LogP contribution in [0.1, 0.15) is 31.2 Å². The van der Waals surface area contributed by atoms with Crippen molar-refractivity contribution < 1.29 is 14.3 Å². The maximum absolute atomic E-state index is 12.5. The molecule has 5 heteroatoms. The van der Waals surface area contributed by atoms with E-state index in [1.807, 2.05) is 36.1 Å². The maximum Gasteiger partial charge on any atom is 0.227 e. The molecule has 0 spiro atoms. The SMILES string of the molecule is Cc1cccc(NC(=O)C2CCC(C(=O)N3CCOCC3)CC2)c1. The average Bonchev–Trinajstić information content (AvgIpc) is 2.62. The number of ether oxygens (including phenoxy) is 1. The molecule has 0 atom stereocenters. The number of morpholine rings is 1. The standard InChI is InChI=1S/C19H26N2O3/c1-14-3-2-4-17(13-14)20-18(22)15-5-7-16(8-6-15)19(23)21-9-11-24-12-10-21/h2-4,13,15-16H,5-12H2,1H3,(H,20,22). The number of nitrogens with one attached hydrogen (secondary N) is 1. The van der Waals surface area contributed by atoms with Gasteiger partial charge < -0.3 is 15.0 Å². The number of amides is 2. The van der Waals surface area contributed by atoms with Crippen molar-refractivity contribution in [2.45, 2.75) is 32.6 Å². The molecule has 1 saturated carbocycles. The van der Waals surface area contributed by atoms with Crippen LogP contribution in [0.4, 0.5) is 5.69 Å². The lowest BCUT2D eigenvalue weighted by Crippen LogP contribution is -2.44. The van der Waals surface area contributed by atoms with Crippen LogP contribution >= 0.6 is 0 Å². The highest BCUT2D eigenvalue weighted by atomic mass is 16.5. The summed E-state index contributed by atoms with van der Waals surface area (Å²) in [7, 11) is 0. The Bertz CT molecular complexity index is 588. The molecule has 0 bridgehead atoms. The van der Waals surface area contributed by atoms with Crippen molar-refractivity contribution in [1.82, 2.24) is 4.90 Å². The van der Waals surface area contributed by atoms with Crippen LogP contribution in [-0.2, 0) is 14.3 Å². The number of hydrogen-bond acceptors (Lipinski definition) is 3. The molecule has 0 radical (unpaired) electrons. The van der Waals surface area contributed by atoms with Crippen molar-refractivity contribution in [3.63, 3.8) is 0 Å². The van der Waals surface area contributed by atoms with Gasteiger partial charge in [0.2, 0.25) is 11.8 Å². The van der Waals surface area contributed by atoms with E-state index < -0.39 is 0 Å². The van der Waals surface area contributed by atoms with Gasteiger partial charge in [-0.3, -0.25) is 9.59 Å². The highest BCUT2D eigenvalue weighted by molar-refractivity contribution is 5.92. The normalized spacial score (nSPS) is 24.5. The Morgan fingerprint density at radius 2 is 1.75 bits per heavy atom. The minimum absolute atomic E-state index is 0.0132. The van der Waals surface area contributed by atoms with E-state index in [1.54, 1.807) is 0 Å². The zero-order valence-corrected chi connectivity index (χ0v) is 14.3. The number of rotatable bonds is 3. The second kappa shape index (κ2) is 7.79. The first kappa shape index (κ1) is 17.0. The van der Waals surface area contributed by atoms with Crippen molar-refractivity contribution >= 4 is 17.5 Å². The Kier molecular flexibility index (Phi) is 5.51. The molecule has 2 fully saturated rings. The fourth-order valence-corrected chi connectivity index (χ4v) is 3.61. The van der Waals surface area contributed by atoms with Crippen molar-refractivity contribution in [1.29, 1.82) is 0 Å². The summed E-state index contributed by atoms with van der Waals surface area (Å²) in [6.45, 7) is 4.69. The molecule has 130 valence electrons. The lowest BCUT2D eigenvalue weighted by molar-refractivity contribution is -0.141. The smallest absolute Gasteiger partial charge is 0.227 e. The first-order valence-corrected chi connectivity index (χ1v) is 8.87. The van der Waals surface area contributed by atoms with Gasteiger partial charge in [0.05, 0.1) is 13.2 Å². The van der Waals surface area contributed by atoms with Gasteiger partial charge in [0.25, 0.3) is 0 Å². The van der Waals surface area contributed by atoms with E-state index in [2.05, 4.69) is 5.32 Å². The summed E-state index contributed by atoms with van der Waals surface area (Å²) in [4.78, 5) is 26.9. The van der Waals surface area contributed by atoms with Gasteiger partial charge in [0, 0.05) is 30.6 Å². The first-order chi connectivity index (χ1) is 11.6. The summed E-state index contributed by atoms with van der Waals surface area (Å²) in [5, 5.41) is 3.01. The van der Waals surface area contributed by atoms with Crippen LogP contribution in [-0.4, -0.2) is 43.0 Å². The molecule has 0 aromatic heterocycles. The molecular weight excluding hydrogens is 304 g/mol. The minimum Gasteiger partial charge on any atom is -0.378 e. The van der Waals surface area contributed by atoms with Gasteiger partial charge in [0.15, 0.2) is 0 Å². The van der Waals surface area contributed by atoms with Crippen molar-refractivity contribution in [2.75, 3.05) is 31.6 Å². The van der Waals surface area contributed by atoms with Gasteiger partial charge in [-0.05, 0) is 50.3 Å². The Hall–Kier alpha value is -1.88. The molecule has 1 saturated heterocycles. The molecule has 1 N–H and O–H groups in total. The number of benzene rings is 1. The highest BCUT2D eigenvalue weighted by Crippen LogP contribution is 2.31. The summed E-state index contributed by atoms with van der Waals surface area (Å²) in [6, 6.07) is 7.85. The van der Waals surface area contributed by atoms with Gasteiger partial charge in [-0.25, -0.2) is 0 Å². The summed E-state index contributed by atoms with van der Waals surface area (Å²) in [6.07, 6.45) is 3.20. The van der Waals surface area contributed by atoms with E-state index in [0.29, 0.717) is 26.3 Å². The van der Waals surface area contributed by atoms with Gasteiger partial charge in [-0.15, -0.1) is 0 Å². The zero-order valence-electron chi connectivity index (χ0n) is 14.3. The third kappa shape index (κ3) is 4.15. The van der Waals surface area contributed by atoms with Crippen LogP contribution in [0.5, 0.6) is 0 Å². The minimum atomic E-state index is 0.0132. The number of carbonyl (C=O) groups excluding carboxylic acids is 2. The van der Waals surface area contributed by atoms with Gasteiger partial charge in [-0.1, -0.05) is 12.1 Å². The highest BCUT2D eigenvalue weighted by Gasteiger charge is 2.32. The van der Waals surface area contributed by atoms with E-state index in [-0.39, 0.29) is 23.7 Å². The lowest BCUT2D eigenvalue weighted by Gasteiger charge is -2.33. The van der Waals surface area contributed by atoms with Crippen LogP contribution in [0, 0.1) is 18.8 Å². The van der Waals surface area contributed by atoms with E-state index in [9.17, 15) is 9.59 Å². The number of anilines is 1. The molecule has 1 aromatic rings. The second-order valence-electron chi connectivity index (χ2n) is 6.84. The predicted molar refractivity (Wildman–Crippen MR) is 92.7 cm³/mol. The summed E-state index contributed by atoms with van der Waals surface area (Å²) in [5.74, 6) is 0.416. The first-order valence-electron chi connectivity index (χ1n) is 8.87. The molecule has 2 aliphatic rings. The molecule has 3 rings (SSSR count). The van der Waals surface area contributed by atoms with Gasteiger partial charge in [-0.2, -0.15) is 0 Å². The molecule has 1 aromatic carbocycles. The maximum atomic E-state index is 12.5. The third-order valence-electron chi connectivity index (χ3n) is 5.06. The fraction of sp³-hybridized carbons (Fsp3) is 0.579. The number of hydrogen-bond donors (Lipinski definition) is 1. The van der Waals surface area contributed by atoms with Crippen molar-refractivity contribution in [3.05, 3.63) is 29.8 Å². The van der Waals surface area contributed by atoms with E-state index in [1.165, 1.54) is 0 Å². The molecular formula is C19H26N2O3. The molecule has 1 aliphatic heterocycles. The van der Waals surface area contributed by atoms with Crippen LogP contribution < -0.4 is 5.32 Å². The quantitative estimate of drug-likeness (QED) is 0.927. The molecule has 5 nitrogen and oxygen atoms in total. The van der Waals surface area contributed by atoms with Crippen LogP contribution in [0.2, 0.25) is 0 Å². The fourth-order valence-electron chi connectivity index (χ4n) is 3.61. The van der Waals surface area contributed by atoms with Crippen LogP contribution in [0.15, 0.2) is 24.3 Å². The Morgan fingerprint density at radius 1 is 1.08 bits per heavy atom. The number of carbonyl (C=O) groups is 2.